The lowest BCUT2D eigenvalue weighted by Gasteiger charge is -2.47. The van der Waals surface area contributed by atoms with Crippen LogP contribution in [0, 0.1) is 0 Å². The van der Waals surface area contributed by atoms with Gasteiger partial charge in [0.05, 0.1) is 18.3 Å². The van der Waals surface area contributed by atoms with Crippen LogP contribution in [0.4, 0.5) is 11.5 Å². The summed E-state index contributed by atoms with van der Waals surface area (Å²) in [6, 6.07) is 14.6. The molecule has 3 heterocycles. The predicted octanol–water partition coefficient (Wildman–Crippen LogP) is 4.25. The number of amides is 1. The van der Waals surface area contributed by atoms with Crippen molar-refractivity contribution in [3.63, 3.8) is 0 Å². The quantitative estimate of drug-likeness (QED) is 0.780. The highest BCUT2D eigenvalue weighted by Crippen LogP contribution is 2.36. The van der Waals surface area contributed by atoms with Crippen LogP contribution in [0.3, 0.4) is 0 Å². The third-order valence-electron chi connectivity index (χ3n) is 6.82. The molecule has 1 aromatic carbocycles. The highest BCUT2D eigenvalue weighted by atomic mass is 16.2. The standard InChI is InChI=1S/C25H31N5O/c31-22(14-13-19-8-2-1-3-9-19)30-17-7-15-25(18-30)24(27-20-10-4-5-11-20)28-23-21(29-25)12-6-16-26-23/h1-3,6,8-9,12,16,20,29H,4-5,7,10-11,13-15,17-18H2,(H,26,27,28)/t25-/m1/s1. The summed E-state index contributed by atoms with van der Waals surface area (Å²) in [7, 11) is 0. The zero-order valence-corrected chi connectivity index (χ0v) is 18.0. The van der Waals surface area contributed by atoms with Gasteiger partial charge in [-0.2, -0.15) is 0 Å². The van der Waals surface area contributed by atoms with Crippen molar-refractivity contribution < 1.29 is 4.79 Å². The lowest BCUT2D eigenvalue weighted by molar-refractivity contribution is -0.132. The summed E-state index contributed by atoms with van der Waals surface area (Å²) in [6.07, 6.45) is 9.85. The Labute approximate surface area is 184 Å². The first-order chi connectivity index (χ1) is 15.2. The Kier molecular flexibility index (Phi) is 5.62. The third-order valence-corrected chi connectivity index (χ3v) is 6.82. The first kappa shape index (κ1) is 20.0. The number of anilines is 2. The van der Waals surface area contributed by atoms with Crippen molar-refractivity contribution in [1.82, 2.24) is 9.88 Å². The molecule has 31 heavy (non-hydrogen) atoms. The van der Waals surface area contributed by atoms with Gasteiger partial charge in [-0.3, -0.25) is 9.79 Å². The van der Waals surface area contributed by atoms with Crippen LogP contribution in [0.15, 0.2) is 53.7 Å². The molecule has 3 aliphatic rings. The predicted molar refractivity (Wildman–Crippen MR) is 124 cm³/mol. The van der Waals surface area contributed by atoms with E-state index in [2.05, 4.69) is 33.8 Å². The summed E-state index contributed by atoms with van der Waals surface area (Å²) in [5, 5.41) is 7.29. The molecule has 1 saturated carbocycles. The van der Waals surface area contributed by atoms with Crippen molar-refractivity contribution >= 4 is 23.2 Å². The minimum absolute atomic E-state index is 0.224. The number of hydrogen-bond acceptors (Lipinski definition) is 4. The van der Waals surface area contributed by atoms with E-state index >= 15 is 0 Å². The number of carbonyl (C=O) groups excluding carboxylic acids is 1. The fourth-order valence-electron chi connectivity index (χ4n) is 5.14. The molecule has 2 N–H and O–H groups in total. The first-order valence-corrected chi connectivity index (χ1v) is 11.6. The maximum Gasteiger partial charge on any atom is 0.222 e. The smallest absolute Gasteiger partial charge is 0.222 e. The van der Waals surface area contributed by atoms with Gasteiger partial charge < -0.3 is 15.5 Å². The van der Waals surface area contributed by atoms with Gasteiger partial charge in [0.25, 0.3) is 0 Å². The van der Waals surface area contributed by atoms with E-state index in [0.717, 1.165) is 56.0 Å². The van der Waals surface area contributed by atoms with Crippen molar-refractivity contribution in [3.05, 3.63) is 54.2 Å². The number of aromatic nitrogens is 1. The minimum atomic E-state index is -0.362. The Morgan fingerprint density at radius 1 is 1.13 bits per heavy atom. The van der Waals surface area contributed by atoms with Crippen LogP contribution in [0.2, 0.25) is 0 Å². The van der Waals surface area contributed by atoms with Crippen molar-refractivity contribution in [2.24, 2.45) is 4.99 Å². The highest BCUT2D eigenvalue weighted by molar-refractivity contribution is 6.09. The summed E-state index contributed by atoms with van der Waals surface area (Å²) in [5.74, 6) is 2.02. The number of fused-ring (bicyclic) bond motifs is 1. The van der Waals surface area contributed by atoms with Gasteiger partial charge in [-0.25, -0.2) is 4.98 Å². The molecule has 1 aromatic heterocycles. The number of carbonyl (C=O) groups is 1. The van der Waals surface area contributed by atoms with Crippen molar-refractivity contribution in [1.29, 1.82) is 0 Å². The van der Waals surface area contributed by atoms with Gasteiger partial charge in [-0.05, 0) is 49.8 Å². The summed E-state index contributed by atoms with van der Waals surface area (Å²) >= 11 is 0. The van der Waals surface area contributed by atoms with E-state index in [4.69, 9.17) is 4.99 Å². The van der Waals surface area contributed by atoms with E-state index in [1.165, 1.54) is 18.4 Å². The largest absolute Gasteiger partial charge is 0.368 e. The van der Waals surface area contributed by atoms with Crippen LogP contribution in [-0.4, -0.2) is 46.3 Å². The number of nitrogens with one attached hydrogen (secondary N) is 2. The molecular weight excluding hydrogens is 386 g/mol. The molecule has 1 aliphatic carbocycles. The Balaban J connectivity index is 1.37. The zero-order chi connectivity index (χ0) is 21.1. The summed E-state index contributed by atoms with van der Waals surface area (Å²) < 4.78 is 0. The lowest BCUT2D eigenvalue weighted by atomic mass is 9.85. The summed E-state index contributed by atoms with van der Waals surface area (Å²) in [6.45, 7) is 1.46. The SMILES string of the molecule is O=C(CCc1ccccc1)N1CCC[C@]2(C1)Nc1cccnc1NC2=NC1CCCC1. The molecule has 5 rings (SSSR count). The molecule has 2 aromatic rings. The monoisotopic (exact) mass is 417 g/mol. The van der Waals surface area contributed by atoms with Crippen molar-refractivity contribution in [2.75, 3.05) is 23.7 Å². The summed E-state index contributed by atoms with van der Waals surface area (Å²) in [4.78, 5) is 24.8. The average molecular weight is 418 g/mol. The Hall–Kier alpha value is -2.89. The van der Waals surface area contributed by atoms with Gasteiger partial charge in [0.2, 0.25) is 5.91 Å². The number of pyridine rings is 1. The van der Waals surface area contributed by atoms with Crippen molar-refractivity contribution in [3.8, 4) is 0 Å². The second kappa shape index (κ2) is 8.69. The molecular formula is C25H31N5O. The molecule has 2 fully saturated rings. The number of rotatable bonds is 4. The van der Waals surface area contributed by atoms with Gasteiger partial charge in [-0.1, -0.05) is 43.2 Å². The molecule has 1 saturated heterocycles. The van der Waals surface area contributed by atoms with E-state index in [0.29, 0.717) is 19.0 Å². The molecule has 6 heteroatoms. The molecule has 1 atom stereocenters. The van der Waals surface area contributed by atoms with Gasteiger partial charge in [0, 0.05) is 19.2 Å². The van der Waals surface area contributed by atoms with Crippen LogP contribution in [-0.2, 0) is 11.2 Å². The van der Waals surface area contributed by atoms with E-state index < -0.39 is 0 Å². The summed E-state index contributed by atoms with van der Waals surface area (Å²) in [5.41, 5.74) is 1.84. The molecule has 0 unspecified atom stereocenters. The fourth-order valence-corrected chi connectivity index (χ4v) is 5.14. The zero-order valence-electron chi connectivity index (χ0n) is 18.0. The molecule has 0 radical (unpaired) electrons. The van der Waals surface area contributed by atoms with Gasteiger partial charge in [0.1, 0.15) is 11.4 Å². The van der Waals surface area contributed by atoms with E-state index in [9.17, 15) is 4.79 Å². The average Bonchev–Trinajstić information content (AvgIpc) is 3.32. The van der Waals surface area contributed by atoms with Crippen LogP contribution in [0.25, 0.3) is 0 Å². The number of hydrogen-bond donors (Lipinski definition) is 2. The normalized spacial score (nSPS) is 24.6. The van der Waals surface area contributed by atoms with Gasteiger partial charge >= 0.3 is 0 Å². The van der Waals surface area contributed by atoms with Crippen molar-refractivity contribution in [2.45, 2.75) is 62.9 Å². The van der Waals surface area contributed by atoms with Crippen LogP contribution in [0.5, 0.6) is 0 Å². The molecule has 162 valence electrons. The molecule has 1 amide bonds. The molecule has 6 nitrogen and oxygen atoms in total. The second-order valence-corrected chi connectivity index (χ2v) is 9.05. The second-order valence-electron chi connectivity index (χ2n) is 9.05. The van der Waals surface area contributed by atoms with Gasteiger partial charge in [0.15, 0.2) is 5.82 Å². The number of piperidine rings is 1. The number of likely N-dealkylation sites (tertiary alicyclic amines) is 1. The topological polar surface area (TPSA) is 69.6 Å². The molecule has 2 aliphatic heterocycles. The number of benzene rings is 1. The Morgan fingerprint density at radius 2 is 1.97 bits per heavy atom. The first-order valence-electron chi connectivity index (χ1n) is 11.6. The number of nitrogens with zero attached hydrogens (tertiary/aromatic N) is 3. The Morgan fingerprint density at radius 3 is 2.81 bits per heavy atom. The van der Waals surface area contributed by atoms with E-state index in [-0.39, 0.29) is 11.4 Å². The number of aliphatic imine (C=N–C) groups is 1. The number of aryl methyl sites for hydroxylation is 1. The maximum absolute atomic E-state index is 13.1. The minimum Gasteiger partial charge on any atom is -0.368 e. The highest BCUT2D eigenvalue weighted by Gasteiger charge is 2.45. The molecule has 1 spiro atoms. The number of amidine groups is 1. The lowest BCUT2D eigenvalue weighted by Crippen LogP contribution is -2.62. The molecule has 0 bridgehead atoms. The maximum atomic E-state index is 13.1. The Bertz CT molecular complexity index is 953. The van der Waals surface area contributed by atoms with Gasteiger partial charge in [-0.15, -0.1) is 0 Å². The van der Waals surface area contributed by atoms with Crippen LogP contribution < -0.4 is 10.6 Å². The van der Waals surface area contributed by atoms with E-state index in [1.807, 2.05) is 29.2 Å². The third kappa shape index (κ3) is 4.29. The fraction of sp³-hybridized carbons (Fsp3) is 0.480. The van der Waals surface area contributed by atoms with Crippen LogP contribution >= 0.6 is 0 Å². The van der Waals surface area contributed by atoms with Crippen LogP contribution in [0.1, 0.15) is 50.5 Å². The van der Waals surface area contributed by atoms with E-state index in [1.54, 1.807) is 6.20 Å².